The standard InChI is InChI=1S/C6H14O4.C4H6O2/c1-10-5-6(2-7,3-8)4-9;1-3(2)4(5)6/h7-9H,2-5H2,1H3;1H2,2H3,(H,5,6). The quantitative estimate of drug-likeness (QED) is 0.452. The number of carboxylic acid groups (broad SMARTS) is 1. The number of rotatable bonds is 6. The Bertz CT molecular complexity index is 189. The van der Waals surface area contributed by atoms with Crippen molar-refractivity contribution in [1.29, 1.82) is 0 Å². The molecule has 0 aliphatic rings. The normalized spacial score (nSPS) is 10.3. The zero-order chi connectivity index (χ0) is 13.2. The number of carboxylic acids is 1. The second-order valence-electron chi connectivity index (χ2n) is 3.49. The van der Waals surface area contributed by atoms with Crippen LogP contribution in [0.15, 0.2) is 12.2 Å². The molecule has 6 heteroatoms. The van der Waals surface area contributed by atoms with Crippen LogP contribution in [0.25, 0.3) is 0 Å². The van der Waals surface area contributed by atoms with Crippen molar-refractivity contribution in [2.45, 2.75) is 6.92 Å². The molecular weight excluding hydrogens is 216 g/mol. The summed E-state index contributed by atoms with van der Waals surface area (Å²) in [5.41, 5.74) is -0.704. The number of carbonyl (C=O) groups is 1. The van der Waals surface area contributed by atoms with Gasteiger partial charge in [0.05, 0.1) is 31.8 Å². The Morgan fingerprint density at radius 2 is 1.56 bits per heavy atom. The van der Waals surface area contributed by atoms with Crippen molar-refractivity contribution < 1.29 is 30.0 Å². The third-order valence-corrected chi connectivity index (χ3v) is 1.82. The third kappa shape index (κ3) is 7.36. The van der Waals surface area contributed by atoms with E-state index in [2.05, 4.69) is 6.58 Å². The van der Waals surface area contributed by atoms with Crippen LogP contribution in [-0.4, -0.2) is 59.9 Å². The van der Waals surface area contributed by atoms with Gasteiger partial charge in [0.25, 0.3) is 0 Å². The van der Waals surface area contributed by atoms with Gasteiger partial charge in [0.15, 0.2) is 0 Å². The highest BCUT2D eigenvalue weighted by molar-refractivity contribution is 5.84. The lowest BCUT2D eigenvalue weighted by atomic mass is 9.93. The Kier molecular flexibility index (Phi) is 10.1. The molecule has 0 rings (SSSR count). The van der Waals surface area contributed by atoms with Crippen LogP contribution in [0.3, 0.4) is 0 Å². The minimum absolute atomic E-state index is 0.163. The van der Waals surface area contributed by atoms with Crippen LogP contribution in [0.2, 0.25) is 0 Å². The van der Waals surface area contributed by atoms with Gasteiger partial charge in [-0.15, -0.1) is 0 Å². The SMILES string of the molecule is C=C(C)C(=O)O.COCC(CO)(CO)CO. The van der Waals surface area contributed by atoms with Gasteiger partial charge in [-0.05, 0) is 6.92 Å². The van der Waals surface area contributed by atoms with Crippen molar-refractivity contribution in [2.75, 3.05) is 33.5 Å². The van der Waals surface area contributed by atoms with E-state index in [9.17, 15) is 4.79 Å². The molecule has 0 aromatic carbocycles. The van der Waals surface area contributed by atoms with Gasteiger partial charge in [0.1, 0.15) is 0 Å². The molecule has 0 heterocycles. The summed E-state index contributed by atoms with van der Waals surface area (Å²) in [6.45, 7) is 3.96. The van der Waals surface area contributed by atoms with Crippen molar-refractivity contribution in [1.82, 2.24) is 0 Å². The second-order valence-corrected chi connectivity index (χ2v) is 3.49. The van der Waals surface area contributed by atoms with Crippen LogP contribution >= 0.6 is 0 Å². The molecule has 0 aromatic heterocycles. The second kappa shape index (κ2) is 9.29. The number of aliphatic carboxylic acids is 1. The summed E-state index contributed by atoms with van der Waals surface area (Å²) in [5, 5.41) is 34.0. The molecule has 4 N–H and O–H groups in total. The fraction of sp³-hybridized carbons (Fsp3) is 0.700. The van der Waals surface area contributed by atoms with Crippen LogP contribution in [0.4, 0.5) is 0 Å². The van der Waals surface area contributed by atoms with E-state index in [0.717, 1.165) is 0 Å². The predicted octanol–water partition coefficient (Wildman–Crippen LogP) is -0.757. The van der Waals surface area contributed by atoms with Gasteiger partial charge in [-0.1, -0.05) is 6.58 Å². The lowest BCUT2D eigenvalue weighted by Crippen LogP contribution is -2.38. The van der Waals surface area contributed by atoms with Gasteiger partial charge in [0.2, 0.25) is 0 Å². The van der Waals surface area contributed by atoms with Gasteiger partial charge in [-0.2, -0.15) is 0 Å². The smallest absolute Gasteiger partial charge is 0.330 e. The lowest BCUT2D eigenvalue weighted by molar-refractivity contribution is -0.132. The molecular formula is C10H20O6. The number of methoxy groups -OCH3 is 1. The summed E-state index contributed by atoms with van der Waals surface area (Å²) in [6, 6.07) is 0. The molecule has 16 heavy (non-hydrogen) atoms. The Balaban J connectivity index is 0. The van der Waals surface area contributed by atoms with Crippen LogP contribution in [0.5, 0.6) is 0 Å². The van der Waals surface area contributed by atoms with E-state index in [1.54, 1.807) is 0 Å². The van der Waals surface area contributed by atoms with Crippen LogP contribution in [0, 0.1) is 5.41 Å². The van der Waals surface area contributed by atoms with Gasteiger partial charge in [0, 0.05) is 12.7 Å². The Labute approximate surface area is 94.8 Å². The van der Waals surface area contributed by atoms with Crippen molar-refractivity contribution in [3.63, 3.8) is 0 Å². The first kappa shape index (κ1) is 17.4. The predicted molar refractivity (Wildman–Crippen MR) is 58.0 cm³/mol. The van der Waals surface area contributed by atoms with E-state index >= 15 is 0 Å². The van der Waals surface area contributed by atoms with Crippen LogP contribution in [0.1, 0.15) is 6.92 Å². The molecule has 0 aliphatic carbocycles. The zero-order valence-corrected chi connectivity index (χ0v) is 9.64. The summed E-state index contributed by atoms with van der Waals surface area (Å²) in [4.78, 5) is 9.60. The fourth-order valence-electron chi connectivity index (χ4n) is 0.593. The average Bonchev–Trinajstić information content (AvgIpc) is 2.27. The molecule has 0 spiro atoms. The summed E-state index contributed by atoms with van der Waals surface area (Å²) < 4.78 is 4.70. The largest absolute Gasteiger partial charge is 0.478 e. The van der Waals surface area contributed by atoms with Gasteiger partial charge in [-0.25, -0.2) is 4.79 Å². The maximum atomic E-state index is 9.60. The molecule has 0 atom stereocenters. The number of aliphatic hydroxyl groups excluding tert-OH is 3. The maximum Gasteiger partial charge on any atom is 0.330 e. The molecule has 0 saturated carbocycles. The van der Waals surface area contributed by atoms with Crippen LogP contribution in [-0.2, 0) is 9.53 Å². The molecule has 0 aliphatic heterocycles. The number of ether oxygens (including phenoxy) is 1. The Hall–Kier alpha value is -0.950. The van der Waals surface area contributed by atoms with Gasteiger partial charge >= 0.3 is 5.97 Å². The minimum atomic E-state index is -0.935. The first-order valence-corrected chi connectivity index (χ1v) is 4.59. The van der Waals surface area contributed by atoms with E-state index in [-0.39, 0.29) is 32.0 Å². The van der Waals surface area contributed by atoms with E-state index < -0.39 is 11.4 Å². The van der Waals surface area contributed by atoms with E-state index in [4.69, 9.17) is 25.2 Å². The molecule has 0 radical (unpaired) electrons. The molecule has 0 unspecified atom stereocenters. The highest BCUT2D eigenvalue weighted by Crippen LogP contribution is 2.13. The first-order valence-electron chi connectivity index (χ1n) is 4.59. The van der Waals surface area contributed by atoms with Crippen LogP contribution < -0.4 is 0 Å². The molecule has 0 amide bonds. The lowest BCUT2D eigenvalue weighted by Gasteiger charge is -2.25. The zero-order valence-electron chi connectivity index (χ0n) is 9.64. The summed E-state index contributed by atoms with van der Waals surface area (Å²) >= 11 is 0. The van der Waals surface area contributed by atoms with E-state index in [1.165, 1.54) is 14.0 Å². The Morgan fingerprint density at radius 1 is 1.25 bits per heavy atom. The van der Waals surface area contributed by atoms with Gasteiger partial charge < -0.3 is 25.2 Å². The number of aliphatic hydroxyl groups is 3. The van der Waals surface area contributed by atoms with Crippen molar-refractivity contribution in [2.24, 2.45) is 5.41 Å². The van der Waals surface area contributed by atoms with E-state index in [0.29, 0.717) is 0 Å². The molecule has 0 saturated heterocycles. The Morgan fingerprint density at radius 3 is 1.62 bits per heavy atom. The van der Waals surface area contributed by atoms with E-state index in [1.807, 2.05) is 0 Å². The third-order valence-electron chi connectivity index (χ3n) is 1.82. The highest BCUT2D eigenvalue weighted by atomic mass is 16.5. The summed E-state index contributed by atoms with van der Waals surface area (Å²) in [6.07, 6.45) is 0. The topological polar surface area (TPSA) is 107 Å². The number of hydrogen-bond donors (Lipinski definition) is 4. The first-order chi connectivity index (χ1) is 7.39. The van der Waals surface area contributed by atoms with Crippen molar-refractivity contribution >= 4 is 5.97 Å². The fourth-order valence-corrected chi connectivity index (χ4v) is 0.593. The molecule has 0 bridgehead atoms. The summed E-state index contributed by atoms with van der Waals surface area (Å²) in [7, 11) is 1.45. The van der Waals surface area contributed by atoms with Gasteiger partial charge in [-0.3, -0.25) is 0 Å². The minimum Gasteiger partial charge on any atom is -0.478 e. The average molecular weight is 236 g/mol. The maximum absolute atomic E-state index is 9.60. The van der Waals surface area contributed by atoms with Crippen molar-refractivity contribution in [3.8, 4) is 0 Å². The summed E-state index contributed by atoms with van der Waals surface area (Å²) in [5.74, 6) is -0.935. The number of hydrogen-bond acceptors (Lipinski definition) is 5. The molecule has 0 fully saturated rings. The molecule has 0 aromatic rings. The monoisotopic (exact) mass is 236 g/mol. The van der Waals surface area contributed by atoms with Crippen molar-refractivity contribution in [3.05, 3.63) is 12.2 Å². The molecule has 6 nitrogen and oxygen atoms in total. The molecule has 96 valence electrons. The highest BCUT2D eigenvalue weighted by Gasteiger charge is 2.27.